The van der Waals surface area contributed by atoms with E-state index in [1.54, 1.807) is 0 Å². The van der Waals surface area contributed by atoms with Gasteiger partial charge in [0.25, 0.3) is 0 Å². The lowest BCUT2D eigenvalue weighted by molar-refractivity contribution is 0.745. The lowest BCUT2D eigenvalue weighted by atomic mass is 9.65. The van der Waals surface area contributed by atoms with Gasteiger partial charge < -0.3 is 0 Å². The zero-order chi connectivity index (χ0) is 42.5. The summed E-state index contributed by atoms with van der Waals surface area (Å²) >= 11 is 0. The quantitative estimate of drug-likeness (QED) is 0.140. The minimum Gasteiger partial charge on any atom is -0.292 e. The number of imidazole rings is 1. The maximum atomic E-state index is 5.84. The second kappa shape index (κ2) is 15.5. The molecule has 64 heavy (non-hydrogen) atoms. The summed E-state index contributed by atoms with van der Waals surface area (Å²) in [6.45, 7) is 0. The highest BCUT2D eigenvalue weighted by Gasteiger charge is 2.38. The number of benzene rings is 11. The van der Waals surface area contributed by atoms with Gasteiger partial charge in [-0.15, -0.1) is 0 Å². The van der Waals surface area contributed by atoms with Gasteiger partial charge in [0.1, 0.15) is 5.82 Å². The van der Waals surface area contributed by atoms with E-state index < -0.39 is 5.41 Å². The van der Waals surface area contributed by atoms with Crippen LogP contribution in [0.3, 0.4) is 0 Å². The van der Waals surface area contributed by atoms with E-state index in [-0.39, 0.29) is 0 Å². The Kier molecular flexibility index (Phi) is 9.09. The van der Waals surface area contributed by atoms with Crippen molar-refractivity contribution in [2.75, 3.05) is 0 Å². The smallest absolute Gasteiger partial charge is 0.145 e. The third kappa shape index (κ3) is 6.07. The number of hydrogen-bond donors (Lipinski definition) is 0. The Labute approximate surface area is 373 Å². The number of hydrogen-bond acceptors (Lipinski definition) is 1. The highest BCUT2D eigenvalue weighted by molar-refractivity contribution is 6.21. The molecular formula is C62H42N2. The molecule has 2 nitrogen and oxygen atoms in total. The highest BCUT2D eigenvalue weighted by Crippen LogP contribution is 2.48. The fourth-order valence-electron chi connectivity index (χ4n) is 10.2. The van der Waals surface area contributed by atoms with Crippen molar-refractivity contribution in [3.63, 3.8) is 0 Å². The lowest BCUT2D eigenvalue weighted by Crippen LogP contribution is -2.30. The number of fused-ring (bicyclic) bond motifs is 4. The molecule has 0 unspecified atom stereocenters. The Bertz CT molecular complexity index is 3530. The van der Waals surface area contributed by atoms with E-state index in [0.29, 0.717) is 0 Å². The van der Waals surface area contributed by atoms with Crippen molar-refractivity contribution in [3.8, 4) is 39.3 Å². The zero-order valence-electron chi connectivity index (χ0n) is 35.1. The molecule has 0 bridgehead atoms. The Morgan fingerprint density at radius 1 is 0.312 bits per heavy atom. The zero-order valence-corrected chi connectivity index (χ0v) is 35.1. The van der Waals surface area contributed by atoms with E-state index in [4.69, 9.17) is 4.98 Å². The first kappa shape index (κ1) is 37.4. The number of nitrogens with zero attached hydrogens (tertiary/aromatic N) is 2. The van der Waals surface area contributed by atoms with E-state index in [2.05, 4.69) is 259 Å². The molecule has 0 saturated heterocycles. The lowest BCUT2D eigenvalue weighted by Gasteiger charge is -2.37. The topological polar surface area (TPSA) is 17.8 Å². The van der Waals surface area contributed by atoms with Gasteiger partial charge in [-0.1, -0.05) is 231 Å². The summed E-state index contributed by atoms with van der Waals surface area (Å²) in [7, 11) is 0. The molecular weight excluding hydrogens is 773 g/mol. The van der Waals surface area contributed by atoms with Gasteiger partial charge in [-0.3, -0.25) is 4.57 Å². The first-order chi connectivity index (χ1) is 31.8. The summed E-state index contributed by atoms with van der Waals surface area (Å²) in [5.41, 5.74) is 13.0. The predicted molar refractivity (Wildman–Crippen MR) is 268 cm³/mol. The maximum Gasteiger partial charge on any atom is 0.145 e. The summed E-state index contributed by atoms with van der Waals surface area (Å²) < 4.78 is 2.41. The molecule has 12 aromatic rings. The van der Waals surface area contributed by atoms with Crippen LogP contribution < -0.4 is 0 Å². The molecule has 0 spiro atoms. The average Bonchev–Trinajstić information content (AvgIpc) is 3.77. The van der Waals surface area contributed by atoms with Gasteiger partial charge in [-0.05, 0) is 90.0 Å². The first-order valence-electron chi connectivity index (χ1n) is 22.0. The Hall–Kier alpha value is -8.33. The van der Waals surface area contributed by atoms with Gasteiger partial charge in [0.2, 0.25) is 0 Å². The van der Waals surface area contributed by atoms with Crippen molar-refractivity contribution in [3.05, 3.63) is 277 Å². The van der Waals surface area contributed by atoms with Crippen molar-refractivity contribution in [2.45, 2.75) is 5.41 Å². The van der Waals surface area contributed by atoms with Crippen molar-refractivity contribution in [1.29, 1.82) is 0 Å². The second-order valence-electron chi connectivity index (χ2n) is 16.6. The maximum absolute atomic E-state index is 5.84. The monoisotopic (exact) mass is 814 g/mol. The van der Waals surface area contributed by atoms with E-state index >= 15 is 0 Å². The Morgan fingerprint density at radius 3 is 1.22 bits per heavy atom. The molecule has 0 N–H and O–H groups in total. The van der Waals surface area contributed by atoms with E-state index in [9.17, 15) is 0 Å². The van der Waals surface area contributed by atoms with Gasteiger partial charge >= 0.3 is 0 Å². The summed E-state index contributed by atoms with van der Waals surface area (Å²) in [5, 5.41) is 7.20. The number of aromatic nitrogens is 2. The van der Waals surface area contributed by atoms with Crippen molar-refractivity contribution in [2.24, 2.45) is 0 Å². The minimum absolute atomic E-state index is 0.563. The molecule has 2 heteroatoms. The molecule has 11 aromatic carbocycles. The fourth-order valence-corrected chi connectivity index (χ4v) is 10.2. The van der Waals surface area contributed by atoms with Crippen LogP contribution in [0, 0.1) is 0 Å². The van der Waals surface area contributed by atoms with Crippen LogP contribution >= 0.6 is 0 Å². The molecule has 0 aliphatic rings. The first-order valence-corrected chi connectivity index (χ1v) is 22.0. The standard InChI is InChI=1S/C62H42N2/c1-5-23-50(24-6-1)62(51-25-7-2-8-26-51,52-27-9-3-10-28-52)53-39-37-45(38-40-53)61-63-59-57(48-35-33-43-19-13-15-21-46(43)41-48)55-31-17-18-32-56(55)58(60(59)64(61)54-29-11-4-12-30-54)49-36-34-44-20-14-16-22-47(44)42-49/h1-42H. The van der Waals surface area contributed by atoms with Crippen LogP contribution in [0.2, 0.25) is 0 Å². The third-order valence-electron chi connectivity index (χ3n) is 13.1. The molecule has 0 aliphatic carbocycles. The van der Waals surface area contributed by atoms with Gasteiger partial charge in [0, 0.05) is 22.4 Å². The normalized spacial score (nSPS) is 11.8. The molecule has 0 aliphatic heterocycles. The van der Waals surface area contributed by atoms with Crippen LogP contribution in [0.5, 0.6) is 0 Å². The van der Waals surface area contributed by atoms with Gasteiger partial charge in [-0.2, -0.15) is 0 Å². The predicted octanol–water partition coefficient (Wildman–Crippen LogP) is 15.9. The van der Waals surface area contributed by atoms with Crippen LogP contribution in [-0.2, 0) is 5.41 Å². The molecule has 0 atom stereocenters. The second-order valence-corrected chi connectivity index (χ2v) is 16.6. The summed E-state index contributed by atoms with van der Waals surface area (Å²) in [5.74, 6) is 0.886. The number of rotatable bonds is 8. The van der Waals surface area contributed by atoms with Crippen LogP contribution in [0.4, 0.5) is 0 Å². The van der Waals surface area contributed by atoms with Crippen LogP contribution in [0.15, 0.2) is 255 Å². The van der Waals surface area contributed by atoms with Crippen LogP contribution in [-0.4, -0.2) is 9.55 Å². The third-order valence-corrected chi connectivity index (χ3v) is 13.1. The SMILES string of the molecule is c1ccc(-n2c(-c3ccc(C(c4ccccc4)(c4ccccc4)c4ccccc4)cc3)nc3c(-c4ccc5ccccc5c4)c4ccccc4c(-c4ccc5ccccc5c4)c32)cc1. The Balaban J connectivity index is 1.18. The van der Waals surface area contributed by atoms with Crippen molar-refractivity contribution < 1.29 is 0 Å². The largest absolute Gasteiger partial charge is 0.292 e. The van der Waals surface area contributed by atoms with Gasteiger partial charge in [0.15, 0.2) is 0 Å². The van der Waals surface area contributed by atoms with E-state index in [1.807, 2.05) is 0 Å². The summed E-state index contributed by atoms with van der Waals surface area (Å²) in [6, 6.07) is 92.6. The average molecular weight is 815 g/mol. The van der Waals surface area contributed by atoms with Crippen LogP contribution in [0.25, 0.3) is 82.7 Å². The summed E-state index contributed by atoms with van der Waals surface area (Å²) in [6.07, 6.45) is 0. The fraction of sp³-hybridized carbons (Fsp3) is 0.0161. The van der Waals surface area contributed by atoms with E-state index in [1.165, 1.54) is 54.6 Å². The van der Waals surface area contributed by atoms with Crippen molar-refractivity contribution in [1.82, 2.24) is 9.55 Å². The molecule has 1 aromatic heterocycles. The summed E-state index contributed by atoms with van der Waals surface area (Å²) in [4.78, 5) is 5.84. The molecule has 300 valence electrons. The van der Waals surface area contributed by atoms with Crippen molar-refractivity contribution >= 4 is 43.4 Å². The Morgan fingerprint density at radius 2 is 0.703 bits per heavy atom. The van der Waals surface area contributed by atoms with E-state index in [0.717, 1.165) is 50.4 Å². The molecule has 0 radical (unpaired) electrons. The molecule has 12 rings (SSSR count). The minimum atomic E-state index is -0.563. The molecule has 0 saturated carbocycles. The molecule has 0 amide bonds. The highest BCUT2D eigenvalue weighted by atomic mass is 15.1. The van der Waals surface area contributed by atoms with Gasteiger partial charge in [-0.25, -0.2) is 4.98 Å². The van der Waals surface area contributed by atoms with Crippen LogP contribution in [0.1, 0.15) is 22.3 Å². The molecule has 1 heterocycles. The van der Waals surface area contributed by atoms with Gasteiger partial charge in [0.05, 0.1) is 16.4 Å². The number of para-hydroxylation sites is 1. The molecule has 0 fully saturated rings.